The lowest BCUT2D eigenvalue weighted by Gasteiger charge is -2.20. The van der Waals surface area contributed by atoms with Crippen molar-refractivity contribution in [2.75, 3.05) is 33.0 Å². The minimum Gasteiger partial charge on any atom is -0.457 e. The Balaban J connectivity index is 4.40. The van der Waals surface area contributed by atoms with E-state index in [-0.39, 0.29) is 13.0 Å². The van der Waals surface area contributed by atoms with E-state index in [1.54, 1.807) is 0 Å². The van der Waals surface area contributed by atoms with Gasteiger partial charge in [-0.05, 0) is 96.3 Å². The highest BCUT2D eigenvalue weighted by atomic mass is 31.2. The van der Waals surface area contributed by atoms with Gasteiger partial charge < -0.3 is 24.6 Å². The number of carbonyl (C=O) groups is 1. The monoisotopic (exact) mass is 800 g/mol. The van der Waals surface area contributed by atoms with Crippen LogP contribution >= 0.6 is 7.82 Å². The van der Waals surface area contributed by atoms with Crippen LogP contribution in [0.15, 0.2) is 122 Å². The van der Waals surface area contributed by atoms with Gasteiger partial charge in [0.05, 0.1) is 26.4 Å². The summed E-state index contributed by atoms with van der Waals surface area (Å²) in [5.41, 5.74) is 0. The van der Waals surface area contributed by atoms with Gasteiger partial charge >= 0.3 is 13.8 Å². The molecule has 0 bridgehead atoms. The predicted octanol–water partition coefficient (Wildman–Crippen LogP) is 11.2. The standard InChI is InChI=1S/C46H73O9P/c1-3-5-7-9-11-13-15-17-19-20-21-22-23-24-25-26-28-30-32-34-36-38-46(49)55-45(43-54-56(50,51)53-41-44(48)40-47)42-52-39-37-35-33-31-29-27-18-16-14-12-10-8-6-4-2/h5-8,11-14,17-19,21-22,24-25,27-28,30-31,33,44-45,47-48H,3-4,9-10,15-16,20,23,26,29,32,34-43H2,1-2H3,(H,50,51)/b7-5-,8-6-,13-11-,14-12-,19-17-,22-21-,25-24-,27-18-,30-28-,33-31-. The molecular weight excluding hydrogens is 727 g/mol. The first kappa shape index (κ1) is 52.9. The average Bonchev–Trinajstić information content (AvgIpc) is 3.19. The van der Waals surface area contributed by atoms with E-state index in [0.717, 1.165) is 89.9 Å². The molecule has 0 aliphatic rings. The molecule has 0 heterocycles. The smallest absolute Gasteiger partial charge is 0.457 e. The molecule has 0 aromatic rings. The Hall–Kier alpha value is -3.14. The second kappa shape index (κ2) is 41.5. The highest BCUT2D eigenvalue weighted by molar-refractivity contribution is 7.47. The first-order valence-corrected chi connectivity index (χ1v) is 22.0. The number of aliphatic hydroxyl groups excluding tert-OH is 2. The molecule has 0 aromatic carbocycles. The van der Waals surface area contributed by atoms with Crippen LogP contribution in [-0.4, -0.2) is 66.3 Å². The third kappa shape index (κ3) is 40.5. The molecule has 0 saturated heterocycles. The number of hydrogen-bond acceptors (Lipinski definition) is 8. The van der Waals surface area contributed by atoms with Crippen LogP contribution in [-0.2, 0) is 27.9 Å². The average molecular weight is 801 g/mol. The molecule has 3 atom stereocenters. The second-order valence-electron chi connectivity index (χ2n) is 12.9. The quantitative estimate of drug-likeness (QED) is 0.0243. The molecule has 3 N–H and O–H groups in total. The Labute approximate surface area is 339 Å². The molecule has 0 rings (SSSR count). The van der Waals surface area contributed by atoms with Crippen molar-refractivity contribution in [2.45, 2.75) is 129 Å². The molecule has 0 saturated carbocycles. The molecule has 9 nitrogen and oxygen atoms in total. The summed E-state index contributed by atoms with van der Waals surface area (Å²) in [6.07, 6.45) is 54.6. The van der Waals surface area contributed by atoms with Crippen LogP contribution in [0.2, 0.25) is 0 Å². The van der Waals surface area contributed by atoms with E-state index < -0.39 is 45.8 Å². The Kier molecular flexibility index (Phi) is 39.2. The highest BCUT2D eigenvalue weighted by Gasteiger charge is 2.26. The molecule has 0 amide bonds. The number of ether oxygens (including phenoxy) is 2. The van der Waals surface area contributed by atoms with Gasteiger partial charge in [0.15, 0.2) is 0 Å². The Morgan fingerprint density at radius 3 is 1.38 bits per heavy atom. The molecule has 3 unspecified atom stereocenters. The minimum absolute atomic E-state index is 0.0161. The van der Waals surface area contributed by atoms with Crippen molar-refractivity contribution in [3.63, 3.8) is 0 Å². The molecule has 0 aliphatic heterocycles. The molecule has 0 spiro atoms. The molecule has 10 heteroatoms. The number of unbranched alkanes of at least 4 members (excludes halogenated alkanes) is 3. The maximum atomic E-state index is 12.6. The fourth-order valence-corrected chi connectivity index (χ4v) is 5.38. The Bertz CT molecular complexity index is 1270. The molecule has 0 aromatic heterocycles. The SMILES string of the molecule is CC/C=C\C/C=C\C/C=C\C/C=C\C/C=C\C/C=C\CCCCC(=O)OC(COCCC/C=C\C/C=C\C/C=C\C/C=C\CC)COP(=O)(O)OCC(O)CO. The number of aliphatic hydroxyl groups is 2. The van der Waals surface area contributed by atoms with Gasteiger partial charge in [-0.1, -0.05) is 135 Å². The van der Waals surface area contributed by atoms with Crippen LogP contribution in [0.3, 0.4) is 0 Å². The number of carbonyl (C=O) groups excluding carboxylic acids is 1. The van der Waals surface area contributed by atoms with Crippen LogP contribution < -0.4 is 0 Å². The lowest BCUT2D eigenvalue weighted by Crippen LogP contribution is -2.29. The fraction of sp³-hybridized carbons (Fsp3) is 0.543. The number of allylic oxidation sites excluding steroid dienone is 20. The van der Waals surface area contributed by atoms with Gasteiger partial charge in [-0.2, -0.15) is 0 Å². The van der Waals surface area contributed by atoms with Crippen molar-refractivity contribution in [1.29, 1.82) is 0 Å². The zero-order chi connectivity index (χ0) is 41.1. The number of rotatable bonds is 37. The third-order valence-corrected chi connectivity index (χ3v) is 8.59. The van der Waals surface area contributed by atoms with Gasteiger partial charge in [0.2, 0.25) is 0 Å². The van der Waals surface area contributed by atoms with Crippen molar-refractivity contribution < 1.29 is 43.0 Å². The van der Waals surface area contributed by atoms with Gasteiger partial charge in [0.25, 0.3) is 0 Å². The highest BCUT2D eigenvalue weighted by Crippen LogP contribution is 2.43. The number of phosphoric acid groups is 1. The van der Waals surface area contributed by atoms with E-state index in [0.29, 0.717) is 13.0 Å². The van der Waals surface area contributed by atoms with Gasteiger partial charge in [0.1, 0.15) is 12.2 Å². The first-order valence-electron chi connectivity index (χ1n) is 20.5. The molecular formula is C46H73O9P. The number of phosphoric ester groups is 1. The maximum Gasteiger partial charge on any atom is 0.472 e. The van der Waals surface area contributed by atoms with E-state index in [4.69, 9.17) is 23.6 Å². The van der Waals surface area contributed by atoms with Crippen molar-refractivity contribution in [3.05, 3.63) is 122 Å². The van der Waals surface area contributed by atoms with E-state index >= 15 is 0 Å². The van der Waals surface area contributed by atoms with E-state index in [2.05, 4.69) is 135 Å². The Morgan fingerprint density at radius 2 is 0.946 bits per heavy atom. The van der Waals surface area contributed by atoms with E-state index in [9.17, 15) is 19.4 Å². The molecule has 0 radical (unpaired) electrons. The van der Waals surface area contributed by atoms with Gasteiger partial charge in [0, 0.05) is 13.0 Å². The van der Waals surface area contributed by atoms with Crippen LogP contribution in [0.4, 0.5) is 0 Å². The fourth-order valence-electron chi connectivity index (χ4n) is 4.60. The lowest BCUT2D eigenvalue weighted by molar-refractivity contribution is -0.154. The number of hydrogen-bond donors (Lipinski definition) is 3. The molecule has 0 aliphatic carbocycles. The zero-order valence-electron chi connectivity index (χ0n) is 34.3. The van der Waals surface area contributed by atoms with Crippen LogP contribution in [0.25, 0.3) is 0 Å². The third-order valence-electron chi connectivity index (χ3n) is 7.64. The largest absolute Gasteiger partial charge is 0.472 e. The van der Waals surface area contributed by atoms with Crippen molar-refractivity contribution in [3.8, 4) is 0 Å². The van der Waals surface area contributed by atoms with Crippen LogP contribution in [0.1, 0.15) is 117 Å². The second-order valence-corrected chi connectivity index (χ2v) is 14.3. The molecule has 316 valence electrons. The summed E-state index contributed by atoms with van der Waals surface area (Å²) in [4.78, 5) is 22.5. The predicted molar refractivity (Wildman–Crippen MR) is 232 cm³/mol. The summed E-state index contributed by atoms with van der Waals surface area (Å²) >= 11 is 0. The molecule has 56 heavy (non-hydrogen) atoms. The van der Waals surface area contributed by atoms with Crippen LogP contribution in [0.5, 0.6) is 0 Å². The van der Waals surface area contributed by atoms with Gasteiger partial charge in [-0.25, -0.2) is 4.57 Å². The first-order chi connectivity index (χ1) is 27.3. The lowest BCUT2D eigenvalue weighted by atomic mass is 10.2. The van der Waals surface area contributed by atoms with Crippen LogP contribution in [0, 0.1) is 0 Å². The number of esters is 1. The summed E-state index contributed by atoms with van der Waals surface area (Å²) in [5.74, 6) is -0.450. The van der Waals surface area contributed by atoms with Crippen molar-refractivity contribution >= 4 is 13.8 Å². The van der Waals surface area contributed by atoms with Gasteiger partial charge in [-0.3, -0.25) is 13.8 Å². The minimum atomic E-state index is -4.55. The van der Waals surface area contributed by atoms with Crippen molar-refractivity contribution in [1.82, 2.24) is 0 Å². The van der Waals surface area contributed by atoms with Crippen molar-refractivity contribution in [2.24, 2.45) is 0 Å². The summed E-state index contributed by atoms with van der Waals surface area (Å²) in [6.45, 7) is 3.02. The summed E-state index contributed by atoms with van der Waals surface area (Å²) in [7, 11) is -4.55. The Morgan fingerprint density at radius 1 is 0.554 bits per heavy atom. The summed E-state index contributed by atoms with van der Waals surface area (Å²) in [5, 5.41) is 18.3. The molecule has 0 fully saturated rings. The zero-order valence-corrected chi connectivity index (χ0v) is 35.2. The van der Waals surface area contributed by atoms with Gasteiger partial charge in [-0.15, -0.1) is 0 Å². The maximum absolute atomic E-state index is 12.6. The summed E-state index contributed by atoms with van der Waals surface area (Å²) in [6, 6.07) is 0. The van der Waals surface area contributed by atoms with E-state index in [1.807, 2.05) is 0 Å². The topological polar surface area (TPSA) is 132 Å². The summed E-state index contributed by atoms with van der Waals surface area (Å²) < 4.78 is 33.2. The van der Waals surface area contributed by atoms with E-state index in [1.165, 1.54) is 0 Å². The normalized spacial score (nSPS) is 15.3.